The molecule has 0 heterocycles. The highest BCUT2D eigenvalue weighted by Crippen LogP contribution is 1.67. The summed E-state index contributed by atoms with van der Waals surface area (Å²) in [6.07, 6.45) is 4.84. The molecule has 1 heteroatoms. The van der Waals surface area contributed by atoms with Gasteiger partial charge in [0.05, 0.1) is 0 Å². The van der Waals surface area contributed by atoms with Crippen molar-refractivity contribution in [2.75, 3.05) is 0 Å². The Kier molecular flexibility index (Phi) is 7.39. The van der Waals surface area contributed by atoms with Gasteiger partial charge in [-0.15, -0.1) is 6.42 Å². The van der Waals surface area contributed by atoms with E-state index in [9.17, 15) is 0 Å². The average Bonchev–Trinajstić information content (AvgIpc) is 2.03. The molecule has 48 valence electrons. The molecule has 0 saturated heterocycles. The van der Waals surface area contributed by atoms with Gasteiger partial charge in [-0.3, -0.25) is 0 Å². The molecular formula is C10HI. The molecule has 0 N–H and O–H groups in total. The van der Waals surface area contributed by atoms with Crippen molar-refractivity contribution < 1.29 is 0 Å². The van der Waals surface area contributed by atoms with E-state index in [1.54, 1.807) is 0 Å². The second-order valence-electron chi connectivity index (χ2n) is 1.11. The number of halogens is 1. The van der Waals surface area contributed by atoms with Gasteiger partial charge in [-0.25, -0.2) is 0 Å². The van der Waals surface area contributed by atoms with Gasteiger partial charge in [0.2, 0.25) is 0 Å². The summed E-state index contributed by atoms with van der Waals surface area (Å²) in [6.45, 7) is 0. The topological polar surface area (TPSA) is 0 Å². The van der Waals surface area contributed by atoms with Gasteiger partial charge in [-0.05, 0) is 51.3 Å². The van der Waals surface area contributed by atoms with Crippen molar-refractivity contribution in [2.45, 2.75) is 0 Å². The second kappa shape index (κ2) is 8.53. The predicted molar refractivity (Wildman–Crippen MR) is 54.0 cm³/mol. The predicted octanol–water partition coefficient (Wildman–Crippen LogP) is 1.03. The molecule has 0 atom stereocenters. The Hall–Kier alpha value is -1.47. The van der Waals surface area contributed by atoms with Crippen LogP contribution in [0.4, 0.5) is 0 Å². The molecule has 0 fully saturated rings. The summed E-state index contributed by atoms with van der Waals surface area (Å²) >= 11 is 1.90. The van der Waals surface area contributed by atoms with E-state index in [1.807, 2.05) is 22.6 Å². The number of rotatable bonds is 0. The highest BCUT2D eigenvalue weighted by Gasteiger charge is 1.53. The maximum atomic E-state index is 4.84. The van der Waals surface area contributed by atoms with Crippen molar-refractivity contribution in [3.05, 3.63) is 0 Å². The molecule has 0 rings (SSSR count). The third kappa shape index (κ3) is 8.53. The quantitative estimate of drug-likeness (QED) is 0.443. The van der Waals surface area contributed by atoms with Gasteiger partial charge in [0.15, 0.2) is 0 Å². The van der Waals surface area contributed by atoms with Crippen LogP contribution in [0.3, 0.4) is 0 Å². The largest absolute Gasteiger partial charge is 0.106 e. The van der Waals surface area contributed by atoms with Crippen LogP contribution in [0.5, 0.6) is 0 Å². The normalized spacial score (nSPS) is 3.64. The average molecular weight is 248 g/mol. The molecule has 0 spiro atoms. The van der Waals surface area contributed by atoms with Crippen molar-refractivity contribution in [3.8, 4) is 57.7 Å². The lowest BCUT2D eigenvalue weighted by Gasteiger charge is -1.53. The molecule has 0 aromatic rings. The van der Waals surface area contributed by atoms with Crippen molar-refractivity contribution in [1.29, 1.82) is 0 Å². The van der Waals surface area contributed by atoms with E-state index in [0.29, 0.717) is 0 Å². The Labute approximate surface area is 80.3 Å². The fourth-order valence-electron chi connectivity index (χ4n) is 0.216. The first kappa shape index (κ1) is 9.53. The molecule has 0 aliphatic rings. The fraction of sp³-hybridized carbons (Fsp3) is 0. The lowest BCUT2D eigenvalue weighted by molar-refractivity contribution is 2.37. The van der Waals surface area contributed by atoms with E-state index < -0.39 is 0 Å². The van der Waals surface area contributed by atoms with Crippen LogP contribution in [0.2, 0.25) is 0 Å². The van der Waals surface area contributed by atoms with Gasteiger partial charge < -0.3 is 0 Å². The Morgan fingerprint density at radius 1 is 0.727 bits per heavy atom. The summed E-state index contributed by atoms with van der Waals surface area (Å²) < 4.78 is 2.58. The number of hydrogen-bond donors (Lipinski definition) is 0. The zero-order valence-corrected chi connectivity index (χ0v) is 7.61. The molecule has 0 aromatic heterocycles. The second-order valence-corrected chi connectivity index (χ2v) is 1.65. The minimum absolute atomic E-state index is 1.90. The summed E-state index contributed by atoms with van der Waals surface area (Å²) in [5.41, 5.74) is 0. The van der Waals surface area contributed by atoms with Crippen LogP contribution in [-0.4, -0.2) is 0 Å². The maximum absolute atomic E-state index is 4.84. The fourth-order valence-corrected chi connectivity index (χ4v) is 0.351. The molecule has 0 aromatic carbocycles. The van der Waals surface area contributed by atoms with Crippen molar-refractivity contribution >= 4 is 22.6 Å². The minimum atomic E-state index is 1.90. The lowest BCUT2D eigenvalue weighted by atomic mass is 10.5. The summed E-state index contributed by atoms with van der Waals surface area (Å²) in [6, 6.07) is 0. The summed E-state index contributed by atoms with van der Waals surface area (Å²) in [7, 11) is 0. The van der Waals surface area contributed by atoms with E-state index in [4.69, 9.17) is 6.42 Å². The standard InChI is InChI=1S/C10HI/c1-2-3-4-5-6-7-8-9-10-11/h1H. The molecule has 0 bridgehead atoms. The van der Waals surface area contributed by atoms with Gasteiger partial charge in [-0.1, -0.05) is 0 Å². The highest BCUT2D eigenvalue weighted by atomic mass is 127. The van der Waals surface area contributed by atoms with Crippen LogP contribution in [0.15, 0.2) is 0 Å². The van der Waals surface area contributed by atoms with Crippen LogP contribution >= 0.6 is 22.6 Å². The zero-order valence-electron chi connectivity index (χ0n) is 5.46. The summed E-state index contributed by atoms with van der Waals surface area (Å²) in [4.78, 5) is 0. The molecule has 0 radical (unpaired) electrons. The number of terminal acetylenes is 1. The van der Waals surface area contributed by atoms with E-state index in [-0.39, 0.29) is 0 Å². The molecule has 11 heavy (non-hydrogen) atoms. The van der Waals surface area contributed by atoms with Crippen LogP contribution in [0.1, 0.15) is 0 Å². The first-order valence-electron chi connectivity index (χ1n) is 2.48. The maximum Gasteiger partial charge on any atom is 0.0192 e. The molecule has 0 amide bonds. The first-order chi connectivity index (χ1) is 5.41. The first-order valence-corrected chi connectivity index (χ1v) is 3.56. The SMILES string of the molecule is C#CC#CC#CC#CC#CI. The van der Waals surface area contributed by atoms with Gasteiger partial charge in [0.25, 0.3) is 0 Å². The zero-order chi connectivity index (χ0) is 8.36. The molecule has 0 saturated carbocycles. The highest BCUT2D eigenvalue weighted by molar-refractivity contribution is 14.1. The van der Waals surface area contributed by atoms with Crippen LogP contribution in [0.25, 0.3) is 0 Å². The monoisotopic (exact) mass is 248 g/mol. The Morgan fingerprint density at radius 2 is 1.18 bits per heavy atom. The number of hydrogen-bond acceptors (Lipinski definition) is 0. The lowest BCUT2D eigenvalue weighted by Crippen LogP contribution is -1.52. The van der Waals surface area contributed by atoms with Gasteiger partial charge in [0, 0.05) is 22.6 Å². The molecule has 0 aliphatic heterocycles. The van der Waals surface area contributed by atoms with E-state index in [2.05, 4.69) is 51.3 Å². The summed E-state index contributed by atoms with van der Waals surface area (Å²) in [5.74, 6) is 19.3. The van der Waals surface area contributed by atoms with Crippen LogP contribution in [-0.2, 0) is 0 Å². The van der Waals surface area contributed by atoms with Gasteiger partial charge in [-0.2, -0.15) is 0 Å². The van der Waals surface area contributed by atoms with Crippen molar-refractivity contribution in [3.63, 3.8) is 0 Å². The van der Waals surface area contributed by atoms with Gasteiger partial charge in [0.1, 0.15) is 0 Å². The summed E-state index contributed by atoms with van der Waals surface area (Å²) in [5, 5.41) is 0. The van der Waals surface area contributed by atoms with E-state index in [0.717, 1.165) is 0 Å². The van der Waals surface area contributed by atoms with E-state index in [1.165, 1.54) is 0 Å². The van der Waals surface area contributed by atoms with Crippen molar-refractivity contribution in [2.24, 2.45) is 0 Å². The third-order valence-corrected chi connectivity index (χ3v) is 0.764. The van der Waals surface area contributed by atoms with Crippen molar-refractivity contribution in [1.82, 2.24) is 0 Å². The third-order valence-electron chi connectivity index (χ3n) is 0.494. The molecule has 0 nitrogen and oxygen atoms in total. The van der Waals surface area contributed by atoms with E-state index >= 15 is 0 Å². The minimum Gasteiger partial charge on any atom is -0.106 e. The van der Waals surface area contributed by atoms with Crippen LogP contribution < -0.4 is 0 Å². The van der Waals surface area contributed by atoms with Gasteiger partial charge >= 0.3 is 0 Å². The Morgan fingerprint density at radius 3 is 1.64 bits per heavy atom. The smallest absolute Gasteiger partial charge is 0.0192 e. The Balaban J connectivity index is 4.04. The molecule has 0 unspecified atom stereocenters. The Bertz CT molecular complexity index is 391. The molecular weight excluding hydrogens is 247 g/mol. The van der Waals surface area contributed by atoms with Crippen LogP contribution in [0, 0.1) is 57.7 Å². The molecule has 0 aliphatic carbocycles.